The summed E-state index contributed by atoms with van der Waals surface area (Å²) in [6.45, 7) is 0. The van der Waals surface area contributed by atoms with Gasteiger partial charge in [0, 0.05) is 39.0 Å². The van der Waals surface area contributed by atoms with E-state index in [1.54, 1.807) is 0 Å². The van der Waals surface area contributed by atoms with Crippen molar-refractivity contribution in [3.05, 3.63) is 157 Å². The van der Waals surface area contributed by atoms with E-state index in [9.17, 15) is 0 Å². The fraction of sp³-hybridized carbons (Fsp3) is 0.0500. The molecule has 2 aromatic heterocycles. The maximum absolute atomic E-state index is 5.03. The highest BCUT2D eigenvalue weighted by Gasteiger charge is 2.18. The van der Waals surface area contributed by atoms with Gasteiger partial charge in [0.2, 0.25) is 0 Å². The van der Waals surface area contributed by atoms with Gasteiger partial charge in [-0.3, -0.25) is 0 Å². The van der Waals surface area contributed by atoms with Crippen LogP contribution in [0, 0.1) is 0 Å². The molecule has 0 N–H and O–H groups in total. The van der Waals surface area contributed by atoms with Gasteiger partial charge in [-0.05, 0) is 54.3 Å². The van der Waals surface area contributed by atoms with Crippen LogP contribution in [-0.2, 0) is 6.42 Å². The summed E-state index contributed by atoms with van der Waals surface area (Å²) in [5.74, 6) is 0.726. The van der Waals surface area contributed by atoms with Gasteiger partial charge in [0.05, 0.1) is 16.9 Å². The highest BCUT2D eigenvalue weighted by molar-refractivity contribution is 5.93. The highest BCUT2D eigenvalue weighted by atomic mass is 15.0. The molecule has 0 saturated carbocycles. The molecule has 1 aliphatic rings. The predicted octanol–water partition coefficient (Wildman–Crippen LogP) is 10.0. The molecule has 3 nitrogen and oxygen atoms in total. The van der Waals surface area contributed by atoms with E-state index in [1.165, 1.54) is 33.4 Å². The number of nitrogens with zero attached hydrogens (tertiary/aromatic N) is 3. The molecule has 0 saturated heterocycles. The predicted molar refractivity (Wildman–Crippen MR) is 178 cm³/mol. The topological polar surface area (TPSA) is 30.7 Å². The Morgan fingerprint density at radius 1 is 0.512 bits per heavy atom. The molecule has 3 heteroatoms. The molecule has 0 radical (unpaired) electrons. The molecule has 0 spiro atoms. The fourth-order valence-electron chi connectivity index (χ4n) is 6.20. The van der Waals surface area contributed by atoms with Crippen LogP contribution < -0.4 is 0 Å². The van der Waals surface area contributed by atoms with Gasteiger partial charge in [-0.2, -0.15) is 0 Å². The minimum atomic E-state index is 0.726. The Kier molecular flexibility index (Phi) is 6.27. The van der Waals surface area contributed by atoms with Crippen molar-refractivity contribution in [1.29, 1.82) is 0 Å². The monoisotopic (exact) mass is 551 g/mol. The van der Waals surface area contributed by atoms with Crippen molar-refractivity contribution in [1.82, 2.24) is 14.5 Å². The van der Waals surface area contributed by atoms with Crippen LogP contribution in [0.3, 0.4) is 0 Å². The fourth-order valence-corrected chi connectivity index (χ4v) is 6.20. The van der Waals surface area contributed by atoms with Gasteiger partial charge in [0.25, 0.3) is 0 Å². The van der Waals surface area contributed by atoms with E-state index >= 15 is 0 Å². The summed E-state index contributed by atoms with van der Waals surface area (Å²) >= 11 is 0. The second-order valence-electron chi connectivity index (χ2n) is 11.0. The number of benzene rings is 5. The first-order valence-corrected chi connectivity index (χ1v) is 14.8. The Labute approximate surface area is 251 Å². The van der Waals surface area contributed by atoms with E-state index in [1.807, 2.05) is 36.4 Å². The zero-order chi connectivity index (χ0) is 28.6. The van der Waals surface area contributed by atoms with E-state index in [0.29, 0.717) is 0 Å². The summed E-state index contributed by atoms with van der Waals surface area (Å²) in [6.07, 6.45) is 6.71. The van der Waals surface area contributed by atoms with Crippen molar-refractivity contribution >= 4 is 17.0 Å². The summed E-state index contributed by atoms with van der Waals surface area (Å²) < 4.78 is 2.44. The Bertz CT molecular complexity index is 2050. The largest absolute Gasteiger partial charge is 0.313 e. The third kappa shape index (κ3) is 4.65. The first-order valence-electron chi connectivity index (χ1n) is 14.8. The van der Waals surface area contributed by atoms with Gasteiger partial charge in [-0.1, -0.05) is 121 Å². The summed E-state index contributed by atoms with van der Waals surface area (Å²) in [6, 6.07) is 49.0. The molecule has 0 atom stereocenters. The van der Waals surface area contributed by atoms with Gasteiger partial charge >= 0.3 is 0 Å². The SMILES string of the molecule is C1=Cc2c(n(-c3ccc(-c4cccc(-c5cc(-c6ccccc6)nc(-c6ccccc6)n5)c4)cc3)c3ccccc23)CC1. The van der Waals surface area contributed by atoms with Gasteiger partial charge < -0.3 is 4.57 Å². The quantitative estimate of drug-likeness (QED) is 0.213. The van der Waals surface area contributed by atoms with Gasteiger partial charge in [0.1, 0.15) is 0 Å². The normalized spacial score (nSPS) is 12.4. The standard InChI is InChI=1S/C40H29N3/c1-3-12-29(13-4-1)36-27-37(42-40(41-36)30-14-5-2-6-15-30)32-17-11-16-31(26-32)28-22-24-33(25-23-28)43-38-20-9-7-18-34(38)35-19-8-10-21-39(35)43/h1-9,11-20,22-27H,10,21H2. The maximum atomic E-state index is 5.03. The van der Waals surface area contributed by atoms with Crippen molar-refractivity contribution < 1.29 is 0 Å². The third-order valence-electron chi connectivity index (χ3n) is 8.29. The van der Waals surface area contributed by atoms with E-state index in [2.05, 4.69) is 120 Å². The van der Waals surface area contributed by atoms with Crippen molar-refractivity contribution in [2.24, 2.45) is 0 Å². The molecular weight excluding hydrogens is 522 g/mol. The van der Waals surface area contributed by atoms with Gasteiger partial charge in [0.15, 0.2) is 5.82 Å². The number of hydrogen-bond acceptors (Lipinski definition) is 2. The Morgan fingerprint density at radius 3 is 1.95 bits per heavy atom. The first-order chi connectivity index (χ1) is 21.3. The average Bonchev–Trinajstić information content (AvgIpc) is 3.43. The summed E-state index contributed by atoms with van der Waals surface area (Å²) in [5, 5.41) is 1.32. The smallest absolute Gasteiger partial charge is 0.160 e. The van der Waals surface area contributed by atoms with Crippen LogP contribution in [0.4, 0.5) is 0 Å². The second kappa shape index (κ2) is 10.7. The molecule has 0 aliphatic heterocycles. The second-order valence-corrected chi connectivity index (χ2v) is 11.0. The van der Waals surface area contributed by atoms with Crippen LogP contribution >= 0.6 is 0 Å². The molecule has 2 heterocycles. The Balaban J connectivity index is 1.19. The van der Waals surface area contributed by atoms with E-state index in [4.69, 9.17) is 9.97 Å². The van der Waals surface area contributed by atoms with Crippen molar-refractivity contribution in [2.75, 3.05) is 0 Å². The molecule has 0 fully saturated rings. The Hall–Kier alpha value is -5.54. The molecule has 1 aliphatic carbocycles. The van der Waals surface area contributed by atoms with Crippen molar-refractivity contribution in [3.63, 3.8) is 0 Å². The van der Waals surface area contributed by atoms with Crippen molar-refractivity contribution in [2.45, 2.75) is 12.8 Å². The van der Waals surface area contributed by atoms with Gasteiger partial charge in [-0.25, -0.2) is 9.97 Å². The molecular formula is C40H29N3. The molecule has 0 bridgehead atoms. The van der Waals surface area contributed by atoms with Crippen LogP contribution in [-0.4, -0.2) is 14.5 Å². The van der Waals surface area contributed by atoms with Crippen LogP contribution in [0.15, 0.2) is 146 Å². The van der Waals surface area contributed by atoms with Crippen LogP contribution in [0.25, 0.3) is 67.7 Å². The lowest BCUT2D eigenvalue weighted by Gasteiger charge is -2.14. The summed E-state index contributed by atoms with van der Waals surface area (Å²) in [5.41, 5.74) is 12.5. The zero-order valence-electron chi connectivity index (χ0n) is 23.7. The summed E-state index contributed by atoms with van der Waals surface area (Å²) in [7, 11) is 0. The molecule has 204 valence electrons. The maximum Gasteiger partial charge on any atom is 0.160 e. The minimum absolute atomic E-state index is 0.726. The lowest BCUT2D eigenvalue weighted by atomic mass is 10.00. The molecule has 5 aromatic carbocycles. The van der Waals surface area contributed by atoms with Crippen LogP contribution in [0.5, 0.6) is 0 Å². The minimum Gasteiger partial charge on any atom is -0.313 e. The molecule has 43 heavy (non-hydrogen) atoms. The Morgan fingerprint density at radius 2 is 1.16 bits per heavy atom. The van der Waals surface area contributed by atoms with Crippen molar-refractivity contribution in [3.8, 4) is 50.7 Å². The highest BCUT2D eigenvalue weighted by Crippen LogP contribution is 2.35. The molecule has 0 unspecified atom stereocenters. The lowest BCUT2D eigenvalue weighted by Crippen LogP contribution is -2.02. The van der Waals surface area contributed by atoms with E-state index < -0.39 is 0 Å². The van der Waals surface area contributed by atoms with Crippen LogP contribution in [0.2, 0.25) is 0 Å². The van der Waals surface area contributed by atoms with E-state index in [-0.39, 0.29) is 0 Å². The number of para-hydroxylation sites is 1. The summed E-state index contributed by atoms with van der Waals surface area (Å²) in [4.78, 5) is 9.98. The number of fused-ring (bicyclic) bond motifs is 3. The van der Waals surface area contributed by atoms with E-state index in [0.717, 1.165) is 52.3 Å². The number of aromatic nitrogens is 3. The third-order valence-corrected chi connectivity index (χ3v) is 8.29. The van der Waals surface area contributed by atoms with Gasteiger partial charge in [-0.15, -0.1) is 0 Å². The number of allylic oxidation sites excluding steroid dienone is 1. The molecule has 8 rings (SSSR count). The lowest BCUT2D eigenvalue weighted by molar-refractivity contribution is 0.888. The number of rotatable bonds is 5. The first kappa shape index (κ1) is 25.2. The average molecular weight is 552 g/mol. The molecule has 7 aromatic rings. The number of hydrogen-bond donors (Lipinski definition) is 0. The molecule has 0 amide bonds. The van der Waals surface area contributed by atoms with Crippen LogP contribution in [0.1, 0.15) is 17.7 Å². The zero-order valence-corrected chi connectivity index (χ0v) is 23.7.